The molecule has 8 heteroatoms. The van der Waals surface area contributed by atoms with Crippen molar-refractivity contribution < 1.29 is 18.7 Å². The van der Waals surface area contributed by atoms with Crippen molar-refractivity contribution in [2.24, 2.45) is 0 Å². The Balaban J connectivity index is 1.40. The summed E-state index contributed by atoms with van der Waals surface area (Å²) in [6, 6.07) is 13.9. The van der Waals surface area contributed by atoms with E-state index in [9.17, 15) is 14.0 Å². The zero-order valence-corrected chi connectivity index (χ0v) is 17.9. The van der Waals surface area contributed by atoms with E-state index in [4.69, 9.17) is 4.74 Å². The van der Waals surface area contributed by atoms with E-state index in [1.165, 1.54) is 23.9 Å². The summed E-state index contributed by atoms with van der Waals surface area (Å²) in [6.07, 6.45) is 2.01. The van der Waals surface area contributed by atoms with Crippen LogP contribution in [0.5, 0.6) is 0 Å². The van der Waals surface area contributed by atoms with Gasteiger partial charge in [-0.15, -0.1) is 11.8 Å². The maximum atomic E-state index is 13.8. The van der Waals surface area contributed by atoms with Crippen LogP contribution in [0.25, 0.3) is 10.9 Å². The summed E-state index contributed by atoms with van der Waals surface area (Å²) in [5.74, 6) is -0.476. The molecule has 0 saturated carbocycles. The predicted molar refractivity (Wildman–Crippen MR) is 119 cm³/mol. The Kier molecular flexibility index (Phi) is 6.89. The molecule has 0 unspecified atom stereocenters. The molecule has 0 aliphatic carbocycles. The number of thioether (sulfide) groups is 1. The first-order valence-electron chi connectivity index (χ1n) is 10.2. The fourth-order valence-electron chi connectivity index (χ4n) is 3.59. The predicted octanol–water partition coefficient (Wildman–Crippen LogP) is 3.16. The van der Waals surface area contributed by atoms with Gasteiger partial charge in [0, 0.05) is 48.2 Å². The zero-order valence-electron chi connectivity index (χ0n) is 17.1. The molecule has 1 aromatic heterocycles. The maximum absolute atomic E-state index is 13.8. The minimum atomic E-state index is -0.532. The van der Waals surface area contributed by atoms with Crippen molar-refractivity contribution in [2.45, 2.75) is 11.4 Å². The number of amides is 2. The monoisotopic (exact) mass is 441 g/mol. The molecule has 162 valence electrons. The first-order chi connectivity index (χ1) is 15.1. The van der Waals surface area contributed by atoms with Crippen molar-refractivity contribution >= 4 is 34.5 Å². The highest BCUT2D eigenvalue weighted by atomic mass is 32.2. The van der Waals surface area contributed by atoms with E-state index < -0.39 is 11.7 Å². The van der Waals surface area contributed by atoms with Crippen LogP contribution in [0.1, 0.15) is 10.4 Å². The molecular formula is C23H24FN3O3S. The Morgan fingerprint density at radius 3 is 2.61 bits per heavy atom. The minimum Gasteiger partial charge on any atom is -0.378 e. The Morgan fingerprint density at radius 2 is 1.81 bits per heavy atom. The second kappa shape index (κ2) is 9.98. The van der Waals surface area contributed by atoms with E-state index in [1.807, 2.05) is 35.4 Å². The van der Waals surface area contributed by atoms with Gasteiger partial charge in [0.05, 0.1) is 24.5 Å². The first-order valence-corrected chi connectivity index (χ1v) is 11.2. The molecule has 4 rings (SSSR count). The molecule has 3 aromatic rings. The molecule has 6 nitrogen and oxygen atoms in total. The van der Waals surface area contributed by atoms with Gasteiger partial charge in [-0.05, 0) is 18.2 Å². The maximum Gasteiger partial charge on any atom is 0.254 e. The van der Waals surface area contributed by atoms with Gasteiger partial charge in [0.15, 0.2) is 0 Å². The van der Waals surface area contributed by atoms with Gasteiger partial charge in [-0.1, -0.05) is 30.3 Å². The van der Waals surface area contributed by atoms with Gasteiger partial charge >= 0.3 is 0 Å². The van der Waals surface area contributed by atoms with Gasteiger partial charge in [0.1, 0.15) is 5.82 Å². The molecule has 2 amide bonds. The lowest BCUT2D eigenvalue weighted by Gasteiger charge is -2.26. The lowest BCUT2D eigenvalue weighted by atomic mass is 10.2. The van der Waals surface area contributed by atoms with Crippen molar-refractivity contribution in [1.29, 1.82) is 0 Å². The van der Waals surface area contributed by atoms with Gasteiger partial charge in [0.25, 0.3) is 5.91 Å². The van der Waals surface area contributed by atoms with E-state index in [1.54, 1.807) is 12.1 Å². The van der Waals surface area contributed by atoms with Crippen molar-refractivity contribution in [3.8, 4) is 0 Å². The third kappa shape index (κ3) is 5.08. The summed E-state index contributed by atoms with van der Waals surface area (Å²) in [5.41, 5.74) is 1.07. The summed E-state index contributed by atoms with van der Waals surface area (Å²) in [4.78, 5) is 27.6. The van der Waals surface area contributed by atoms with Gasteiger partial charge in [-0.25, -0.2) is 4.39 Å². The number of hydrogen-bond donors (Lipinski definition) is 1. The molecule has 1 fully saturated rings. The number of halogens is 1. The van der Waals surface area contributed by atoms with Crippen molar-refractivity contribution in [3.63, 3.8) is 0 Å². The van der Waals surface area contributed by atoms with Crippen molar-refractivity contribution in [1.82, 2.24) is 14.8 Å². The van der Waals surface area contributed by atoms with E-state index in [2.05, 4.69) is 9.88 Å². The number of benzene rings is 2. The van der Waals surface area contributed by atoms with Gasteiger partial charge in [-0.2, -0.15) is 0 Å². The Hall–Kier alpha value is -2.84. The number of rotatable bonds is 7. The van der Waals surface area contributed by atoms with Gasteiger partial charge < -0.3 is 19.5 Å². The van der Waals surface area contributed by atoms with Crippen LogP contribution in [0.3, 0.4) is 0 Å². The number of ether oxygens (including phenoxy) is 1. The number of aromatic nitrogens is 1. The standard InChI is InChI=1S/C23H24FN3O3S/c24-19-7-3-1-5-17(19)23(29)25-9-10-27-15-21(18-6-2-4-8-20(18)27)31-16-22(28)26-11-13-30-14-12-26/h1-8,15H,9-14,16H2,(H,25,29). The van der Waals surface area contributed by atoms with Crippen LogP contribution in [-0.2, 0) is 16.1 Å². The Morgan fingerprint density at radius 1 is 1.06 bits per heavy atom. The lowest BCUT2D eigenvalue weighted by Crippen LogP contribution is -2.41. The van der Waals surface area contributed by atoms with Crippen LogP contribution < -0.4 is 5.32 Å². The number of carbonyl (C=O) groups is 2. The highest BCUT2D eigenvalue weighted by Crippen LogP contribution is 2.30. The molecule has 1 aliphatic rings. The first kappa shape index (κ1) is 21.4. The van der Waals surface area contributed by atoms with E-state index in [-0.39, 0.29) is 11.5 Å². The second-order valence-corrected chi connectivity index (χ2v) is 8.24. The van der Waals surface area contributed by atoms with Crippen molar-refractivity contribution in [3.05, 3.63) is 66.1 Å². The average molecular weight is 442 g/mol. The third-order valence-corrected chi connectivity index (χ3v) is 6.25. The summed E-state index contributed by atoms with van der Waals surface area (Å²) in [7, 11) is 0. The molecule has 0 spiro atoms. The van der Waals surface area contributed by atoms with Crippen molar-refractivity contribution in [2.75, 3.05) is 38.6 Å². The highest BCUT2D eigenvalue weighted by Gasteiger charge is 2.18. The SMILES string of the molecule is O=C(NCCn1cc(SCC(=O)N2CCOCC2)c2ccccc21)c1ccccc1F. The molecule has 0 radical (unpaired) electrons. The Labute approximate surface area is 184 Å². The van der Waals surface area contributed by atoms with Crippen LogP contribution in [-0.4, -0.2) is 59.9 Å². The third-order valence-electron chi connectivity index (χ3n) is 5.22. The van der Waals surface area contributed by atoms with E-state index >= 15 is 0 Å². The molecule has 0 atom stereocenters. The average Bonchev–Trinajstić information content (AvgIpc) is 3.16. The smallest absolute Gasteiger partial charge is 0.254 e. The molecule has 2 aromatic carbocycles. The molecule has 1 aliphatic heterocycles. The van der Waals surface area contributed by atoms with Crippen LogP contribution in [0.2, 0.25) is 0 Å². The molecule has 31 heavy (non-hydrogen) atoms. The lowest BCUT2D eigenvalue weighted by molar-refractivity contribution is -0.132. The summed E-state index contributed by atoms with van der Waals surface area (Å²) in [5, 5.41) is 3.85. The number of morpholine rings is 1. The number of nitrogens with zero attached hydrogens (tertiary/aromatic N) is 2. The molecule has 0 bridgehead atoms. The molecular weight excluding hydrogens is 417 g/mol. The number of hydrogen-bond acceptors (Lipinski definition) is 4. The van der Waals surface area contributed by atoms with E-state index in [0.717, 1.165) is 15.8 Å². The topological polar surface area (TPSA) is 63.6 Å². The number of nitrogens with one attached hydrogen (secondary N) is 1. The van der Waals surface area contributed by atoms with Crippen LogP contribution in [0.4, 0.5) is 4.39 Å². The molecule has 2 heterocycles. The van der Waals surface area contributed by atoms with Gasteiger partial charge in [-0.3, -0.25) is 9.59 Å². The second-order valence-electron chi connectivity index (χ2n) is 7.22. The summed E-state index contributed by atoms with van der Waals surface area (Å²) < 4.78 is 21.1. The van der Waals surface area contributed by atoms with Crippen LogP contribution in [0, 0.1) is 5.82 Å². The van der Waals surface area contributed by atoms with E-state index in [0.29, 0.717) is 45.1 Å². The highest BCUT2D eigenvalue weighted by molar-refractivity contribution is 8.00. The minimum absolute atomic E-state index is 0.0396. The number of carbonyl (C=O) groups excluding carboxylic acids is 2. The number of fused-ring (bicyclic) bond motifs is 1. The summed E-state index contributed by atoms with van der Waals surface area (Å²) in [6.45, 7) is 3.37. The van der Waals surface area contributed by atoms with Gasteiger partial charge in [0.2, 0.25) is 5.91 Å². The fourth-order valence-corrected chi connectivity index (χ4v) is 4.58. The Bertz CT molecular complexity index is 1080. The van der Waals surface area contributed by atoms with Crippen LogP contribution in [0.15, 0.2) is 59.6 Å². The van der Waals surface area contributed by atoms with Crippen LogP contribution >= 0.6 is 11.8 Å². The molecule has 1 saturated heterocycles. The zero-order chi connectivity index (χ0) is 21.6. The fraction of sp³-hybridized carbons (Fsp3) is 0.304. The molecule has 1 N–H and O–H groups in total. The summed E-state index contributed by atoms with van der Waals surface area (Å²) >= 11 is 1.52. The number of para-hydroxylation sites is 1. The normalized spacial score (nSPS) is 14.0. The largest absolute Gasteiger partial charge is 0.378 e. The quantitative estimate of drug-likeness (QED) is 0.572.